The van der Waals surface area contributed by atoms with E-state index in [1.807, 2.05) is 12.3 Å². The molecule has 0 atom stereocenters. The molecule has 0 unspecified atom stereocenters. The van der Waals surface area contributed by atoms with Gasteiger partial charge in [-0.15, -0.1) is 10.2 Å². The van der Waals surface area contributed by atoms with Gasteiger partial charge in [0, 0.05) is 11.2 Å². The molecule has 102 valence electrons. The summed E-state index contributed by atoms with van der Waals surface area (Å²) in [4.78, 5) is 0. The van der Waals surface area contributed by atoms with E-state index in [0.29, 0.717) is 33.0 Å². The lowest BCUT2D eigenvalue weighted by Gasteiger charge is -2.07. The summed E-state index contributed by atoms with van der Waals surface area (Å²) in [7, 11) is 0. The molecule has 2 heterocycles. The molecular weight excluding hydrogens is 299 g/mol. The van der Waals surface area contributed by atoms with Gasteiger partial charge in [-0.2, -0.15) is 0 Å². The van der Waals surface area contributed by atoms with Gasteiger partial charge >= 0.3 is 0 Å². The van der Waals surface area contributed by atoms with Gasteiger partial charge in [0.15, 0.2) is 11.5 Å². The molecule has 0 aliphatic carbocycles. The van der Waals surface area contributed by atoms with Crippen LogP contribution in [0.15, 0.2) is 36.5 Å². The maximum absolute atomic E-state index is 6.04. The monoisotopic (exact) mass is 308 g/mol. The van der Waals surface area contributed by atoms with Crippen molar-refractivity contribution in [1.82, 2.24) is 14.6 Å². The Hall–Kier alpha value is -1.98. The number of ether oxygens (including phenoxy) is 1. The van der Waals surface area contributed by atoms with Crippen LogP contribution in [0.5, 0.6) is 5.75 Å². The number of aromatic nitrogens is 3. The van der Waals surface area contributed by atoms with Gasteiger partial charge in [-0.3, -0.25) is 4.40 Å². The molecule has 20 heavy (non-hydrogen) atoms. The summed E-state index contributed by atoms with van der Waals surface area (Å²) in [5, 5.41) is 9.09. The van der Waals surface area contributed by atoms with E-state index in [1.54, 1.807) is 28.7 Å². The fourth-order valence-electron chi connectivity index (χ4n) is 1.82. The molecule has 0 bridgehead atoms. The Bertz CT molecular complexity index is 772. The smallest absolute Gasteiger partial charge is 0.184 e. The van der Waals surface area contributed by atoms with E-state index in [1.165, 1.54) is 0 Å². The summed E-state index contributed by atoms with van der Waals surface area (Å²) in [5.41, 5.74) is 6.99. The molecule has 0 radical (unpaired) electrons. The van der Waals surface area contributed by atoms with Gasteiger partial charge in [0.05, 0.1) is 10.7 Å². The van der Waals surface area contributed by atoms with Crippen LogP contribution in [0.25, 0.3) is 5.65 Å². The lowest BCUT2D eigenvalue weighted by Crippen LogP contribution is -2.02. The lowest BCUT2D eigenvalue weighted by molar-refractivity contribution is 0.294. The summed E-state index contributed by atoms with van der Waals surface area (Å²) in [5.74, 6) is 1.18. The highest BCUT2D eigenvalue weighted by molar-refractivity contribution is 6.35. The van der Waals surface area contributed by atoms with Gasteiger partial charge < -0.3 is 10.5 Å². The first kappa shape index (κ1) is 13.0. The Labute approximate surface area is 124 Å². The van der Waals surface area contributed by atoms with Gasteiger partial charge in [-0.25, -0.2) is 0 Å². The third-order valence-corrected chi connectivity index (χ3v) is 3.32. The first-order valence-electron chi connectivity index (χ1n) is 5.81. The van der Waals surface area contributed by atoms with Crippen molar-refractivity contribution in [2.24, 2.45) is 0 Å². The summed E-state index contributed by atoms with van der Waals surface area (Å²) in [6, 6.07) is 8.64. The zero-order valence-electron chi connectivity index (χ0n) is 10.3. The fraction of sp³-hybridized carbons (Fsp3) is 0.0769. The van der Waals surface area contributed by atoms with E-state index >= 15 is 0 Å². The van der Waals surface area contributed by atoms with Crippen LogP contribution in [-0.2, 0) is 6.61 Å². The minimum absolute atomic E-state index is 0.228. The Balaban J connectivity index is 1.85. The third-order valence-electron chi connectivity index (χ3n) is 2.79. The van der Waals surface area contributed by atoms with Crippen molar-refractivity contribution in [3.8, 4) is 5.75 Å². The molecule has 0 saturated carbocycles. The van der Waals surface area contributed by atoms with Crippen molar-refractivity contribution >= 4 is 34.5 Å². The second-order valence-electron chi connectivity index (χ2n) is 4.14. The highest BCUT2D eigenvalue weighted by atomic mass is 35.5. The quantitative estimate of drug-likeness (QED) is 0.807. The summed E-state index contributed by atoms with van der Waals surface area (Å²) >= 11 is 11.9. The van der Waals surface area contributed by atoms with Crippen LogP contribution >= 0.6 is 23.2 Å². The van der Waals surface area contributed by atoms with Gasteiger partial charge in [0.2, 0.25) is 0 Å². The Morgan fingerprint density at radius 1 is 1.20 bits per heavy atom. The topological polar surface area (TPSA) is 65.4 Å². The van der Waals surface area contributed by atoms with E-state index in [-0.39, 0.29) is 6.61 Å². The molecule has 0 fully saturated rings. The number of halogens is 2. The maximum Gasteiger partial charge on any atom is 0.184 e. The summed E-state index contributed by atoms with van der Waals surface area (Å²) in [6.45, 7) is 0.228. The second-order valence-corrected chi connectivity index (χ2v) is 4.98. The van der Waals surface area contributed by atoms with Crippen LogP contribution < -0.4 is 10.5 Å². The van der Waals surface area contributed by atoms with Crippen LogP contribution in [-0.4, -0.2) is 14.6 Å². The summed E-state index contributed by atoms with van der Waals surface area (Å²) in [6.07, 6.45) is 1.83. The number of nitrogens with two attached hydrogens (primary N) is 1. The van der Waals surface area contributed by atoms with Crippen molar-refractivity contribution in [2.75, 3.05) is 5.73 Å². The van der Waals surface area contributed by atoms with Crippen molar-refractivity contribution in [3.05, 3.63) is 52.4 Å². The largest absolute Gasteiger partial charge is 0.484 e. The number of rotatable bonds is 3. The molecule has 7 heteroatoms. The Kier molecular flexibility index (Phi) is 3.38. The van der Waals surface area contributed by atoms with Crippen LogP contribution in [0.4, 0.5) is 5.69 Å². The average Bonchev–Trinajstić information content (AvgIpc) is 2.83. The number of anilines is 1. The average molecular weight is 309 g/mol. The lowest BCUT2D eigenvalue weighted by atomic mass is 10.3. The highest BCUT2D eigenvalue weighted by Crippen LogP contribution is 2.28. The van der Waals surface area contributed by atoms with Crippen molar-refractivity contribution in [2.45, 2.75) is 6.61 Å². The molecule has 3 rings (SSSR count). The van der Waals surface area contributed by atoms with E-state index in [0.717, 1.165) is 0 Å². The molecule has 5 nitrogen and oxygen atoms in total. The predicted octanol–water partition coefficient (Wildman–Crippen LogP) is 3.20. The molecule has 1 aromatic carbocycles. The minimum atomic E-state index is 0.228. The van der Waals surface area contributed by atoms with E-state index in [4.69, 9.17) is 33.7 Å². The summed E-state index contributed by atoms with van der Waals surface area (Å²) < 4.78 is 7.41. The van der Waals surface area contributed by atoms with E-state index < -0.39 is 0 Å². The SMILES string of the molecule is Nc1cccn2c(COc3ccc(Cl)cc3Cl)nnc12. The zero-order chi connectivity index (χ0) is 14.1. The molecule has 2 N–H and O–H groups in total. The second kappa shape index (κ2) is 5.19. The first-order valence-corrected chi connectivity index (χ1v) is 6.56. The molecule has 0 aliphatic heterocycles. The Morgan fingerprint density at radius 2 is 2.05 bits per heavy atom. The maximum atomic E-state index is 6.04. The molecule has 3 aromatic rings. The molecular formula is C13H10Cl2N4O. The van der Waals surface area contributed by atoms with E-state index in [2.05, 4.69) is 10.2 Å². The molecule has 0 spiro atoms. The number of benzene rings is 1. The van der Waals surface area contributed by atoms with Crippen LogP contribution in [0.1, 0.15) is 5.82 Å². The number of hydrogen-bond acceptors (Lipinski definition) is 4. The highest BCUT2D eigenvalue weighted by Gasteiger charge is 2.09. The molecule has 2 aromatic heterocycles. The van der Waals surface area contributed by atoms with Crippen molar-refractivity contribution < 1.29 is 4.74 Å². The minimum Gasteiger partial charge on any atom is -0.484 e. The van der Waals surface area contributed by atoms with E-state index in [9.17, 15) is 0 Å². The van der Waals surface area contributed by atoms with Gasteiger partial charge in [-0.05, 0) is 30.3 Å². The number of nitrogen functional groups attached to an aromatic ring is 1. The van der Waals surface area contributed by atoms with Gasteiger partial charge in [-0.1, -0.05) is 23.2 Å². The number of pyridine rings is 1. The normalized spacial score (nSPS) is 10.9. The Morgan fingerprint density at radius 3 is 2.85 bits per heavy atom. The van der Waals surface area contributed by atoms with Crippen LogP contribution in [0.2, 0.25) is 10.0 Å². The number of fused-ring (bicyclic) bond motifs is 1. The standard InChI is InChI=1S/C13H10Cl2N4O/c14-8-3-4-11(9(15)6-8)20-7-12-17-18-13-10(16)2-1-5-19(12)13/h1-6H,7,16H2. The third kappa shape index (κ3) is 2.37. The number of hydrogen-bond donors (Lipinski definition) is 1. The van der Waals surface area contributed by atoms with Crippen molar-refractivity contribution in [3.63, 3.8) is 0 Å². The zero-order valence-corrected chi connectivity index (χ0v) is 11.8. The molecule has 0 aliphatic rings. The van der Waals surface area contributed by atoms with Crippen LogP contribution in [0.3, 0.4) is 0 Å². The van der Waals surface area contributed by atoms with Gasteiger partial charge in [0.1, 0.15) is 12.4 Å². The van der Waals surface area contributed by atoms with Crippen LogP contribution in [0, 0.1) is 0 Å². The molecule has 0 amide bonds. The van der Waals surface area contributed by atoms with Gasteiger partial charge in [0.25, 0.3) is 0 Å². The fourth-order valence-corrected chi connectivity index (χ4v) is 2.28. The first-order chi connectivity index (χ1) is 9.65. The van der Waals surface area contributed by atoms with Crippen molar-refractivity contribution in [1.29, 1.82) is 0 Å². The number of nitrogens with zero attached hydrogens (tertiary/aromatic N) is 3. The predicted molar refractivity (Wildman–Crippen MR) is 78.2 cm³/mol. The molecule has 0 saturated heterocycles.